The summed E-state index contributed by atoms with van der Waals surface area (Å²) in [5.41, 5.74) is 0.148. The molecule has 0 unspecified atom stereocenters. The Bertz CT molecular complexity index is 784. The van der Waals surface area contributed by atoms with E-state index in [0.717, 1.165) is 6.26 Å². The van der Waals surface area contributed by atoms with E-state index in [1.54, 1.807) is 0 Å². The molecule has 0 aliphatic rings. The van der Waals surface area contributed by atoms with Crippen molar-refractivity contribution < 1.29 is 27.1 Å². The molecule has 5 nitrogen and oxygen atoms in total. The summed E-state index contributed by atoms with van der Waals surface area (Å²) in [6.45, 7) is 0.0858. The molecular formula is C16H15FO5S. The van der Waals surface area contributed by atoms with Crippen LogP contribution < -0.4 is 4.74 Å². The van der Waals surface area contributed by atoms with E-state index < -0.39 is 15.8 Å². The molecule has 0 radical (unpaired) electrons. The number of ether oxygens (including phenoxy) is 2. The zero-order valence-corrected chi connectivity index (χ0v) is 13.2. The van der Waals surface area contributed by atoms with Gasteiger partial charge in [-0.1, -0.05) is 6.07 Å². The Morgan fingerprint density at radius 2 is 1.78 bits per heavy atom. The number of halogens is 1. The lowest BCUT2D eigenvalue weighted by Gasteiger charge is -2.08. The van der Waals surface area contributed by atoms with Crippen LogP contribution in [0.15, 0.2) is 53.4 Å². The highest BCUT2D eigenvalue weighted by molar-refractivity contribution is 7.90. The maximum Gasteiger partial charge on any atom is 0.338 e. The number of hydrogen-bond acceptors (Lipinski definition) is 5. The second-order valence-corrected chi connectivity index (χ2v) is 6.75. The first-order valence-electron chi connectivity index (χ1n) is 6.72. The molecule has 0 atom stereocenters. The zero-order valence-electron chi connectivity index (χ0n) is 12.4. The normalized spacial score (nSPS) is 11.0. The van der Waals surface area contributed by atoms with Crippen LogP contribution in [0.2, 0.25) is 0 Å². The summed E-state index contributed by atoms with van der Waals surface area (Å²) in [6.07, 6.45) is 1.06. The minimum Gasteiger partial charge on any atom is -0.490 e. The van der Waals surface area contributed by atoms with Crippen LogP contribution in [0.5, 0.6) is 5.75 Å². The van der Waals surface area contributed by atoms with Gasteiger partial charge in [0.25, 0.3) is 0 Å². The van der Waals surface area contributed by atoms with Crippen LogP contribution in [0.1, 0.15) is 10.4 Å². The van der Waals surface area contributed by atoms with Crippen molar-refractivity contribution in [1.29, 1.82) is 0 Å². The summed E-state index contributed by atoms with van der Waals surface area (Å²) in [5, 5.41) is 0. The van der Waals surface area contributed by atoms with Crippen molar-refractivity contribution in [2.45, 2.75) is 4.90 Å². The van der Waals surface area contributed by atoms with Crippen LogP contribution in [-0.2, 0) is 14.6 Å². The van der Waals surface area contributed by atoms with Gasteiger partial charge in [0.15, 0.2) is 9.84 Å². The number of benzene rings is 2. The highest BCUT2D eigenvalue weighted by Gasteiger charge is 2.12. The lowest BCUT2D eigenvalue weighted by atomic mass is 10.2. The minimum absolute atomic E-state index is 0.0146. The van der Waals surface area contributed by atoms with Crippen molar-refractivity contribution in [3.63, 3.8) is 0 Å². The third kappa shape index (κ3) is 5.07. The van der Waals surface area contributed by atoms with E-state index in [1.807, 2.05) is 0 Å². The fourth-order valence-electron chi connectivity index (χ4n) is 1.76. The second kappa shape index (κ2) is 7.23. The SMILES string of the molecule is CS(=O)(=O)c1cccc(C(=O)OCCOc2ccc(F)cc2)c1. The Balaban J connectivity index is 1.86. The van der Waals surface area contributed by atoms with Gasteiger partial charge < -0.3 is 9.47 Å². The van der Waals surface area contributed by atoms with Crippen LogP contribution in [0, 0.1) is 5.82 Å². The summed E-state index contributed by atoms with van der Waals surface area (Å²) < 4.78 is 45.9. The molecule has 0 saturated carbocycles. The monoisotopic (exact) mass is 338 g/mol. The molecular weight excluding hydrogens is 323 g/mol. The van der Waals surface area contributed by atoms with Crippen molar-refractivity contribution in [1.82, 2.24) is 0 Å². The molecule has 0 aromatic heterocycles. The maximum absolute atomic E-state index is 12.7. The summed E-state index contributed by atoms with van der Waals surface area (Å²) in [6, 6.07) is 11.1. The van der Waals surface area contributed by atoms with Gasteiger partial charge in [0.05, 0.1) is 10.5 Å². The van der Waals surface area contributed by atoms with Crippen LogP contribution in [0.4, 0.5) is 4.39 Å². The Hall–Kier alpha value is -2.41. The summed E-state index contributed by atoms with van der Waals surface area (Å²) in [4.78, 5) is 11.9. The predicted octanol–water partition coefficient (Wildman–Crippen LogP) is 2.47. The molecule has 7 heteroatoms. The minimum atomic E-state index is -3.39. The number of rotatable bonds is 6. The Kier molecular flexibility index (Phi) is 5.33. The third-order valence-corrected chi connectivity index (χ3v) is 4.01. The predicted molar refractivity (Wildman–Crippen MR) is 81.7 cm³/mol. The highest BCUT2D eigenvalue weighted by atomic mass is 32.2. The topological polar surface area (TPSA) is 69.7 Å². The first-order chi connectivity index (χ1) is 10.9. The van der Waals surface area contributed by atoms with Crippen molar-refractivity contribution in [2.75, 3.05) is 19.5 Å². The average molecular weight is 338 g/mol. The van der Waals surface area contributed by atoms with Gasteiger partial charge in [-0.15, -0.1) is 0 Å². The van der Waals surface area contributed by atoms with Gasteiger partial charge in [0, 0.05) is 6.26 Å². The van der Waals surface area contributed by atoms with E-state index in [9.17, 15) is 17.6 Å². The maximum atomic E-state index is 12.7. The molecule has 0 saturated heterocycles. The lowest BCUT2D eigenvalue weighted by molar-refractivity contribution is 0.0450. The molecule has 0 aliphatic heterocycles. The van der Waals surface area contributed by atoms with Gasteiger partial charge in [0.1, 0.15) is 24.8 Å². The largest absolute Gasteiger partial charge is 0.490 e. The molecule has 23 heavy (non-hydrogen) atoms. The number of esters is 1. The molecule has 122 valence electrons. The van der Waals surface area contributed by atoms with E-state index in [-0.39, 0.29) is 29.5 Å². The zero-order chi connectivity index (χ0) is 16.9. The first kappa shape index (κ1) is 17.0. The molecule has 0 aliphatic carbocycles. The van der Waals surface area contributed by atoms with Crippen molar-refractivity contribution in [2.24, 2.45) is 0 Å². The molecule has 2 aromatic carbocycles. The van der Waals surface area contributed by atoms with E-state index in [0.29, 0.717) is 5.75 Å². The van der Waals surface area contributed by atoms with E-state index in [2.05, 4.69) is 0 Å². The number of carbonyl (C=O) groups excluding carboxylic acids is 1. The van der Waals surface area contributed by atoms with E-state index in [4.69, 9.17) is 9.47 Å². The standard InChI is InChI=1S/C16H15FO5S/c1-23(19,20)15-4-2-3-12(11-15)16(18)22-10-9-21-14-7-5-13(17)6-8-14/h2-8,11H,9-10H2,1H3. The van der Waals surface area contributed by atoms with Crippen molar-refractivity contribution in [3.05, 3.63) is 59.9 Å². The summed E-state index contributed by atoms with van der Waals surface area (Å²) in [7, 11) is -3.39. The second-order valence-electron chi connectivity index (χ2n) is 4.74. The van der Waals surface area contributed by atoms with Gasteiger partial charge in [-0.05, 0) is 42.5 Å². The molecule has 0 heterocycles. The molecule has 2 rings (SSSR count). The van der Waals surface area contributed by atoms with Gasteiger partial charge in [-0.2, -0.15) is 0 Å². The summed E-state index contributed by atoms with van der Waals surface area (Å²) >= 11 is 0. The molecule has 0 bridgehead atoms. The molecule has 0 fully saturated rings. The Morgan fingerprint density at radius 1 is 1.09 bits per heavy atom. The van der Waals surface area contributed by atoms with Crippen LogP contribution >= 0.6 is 0 Å². The highest BCUT2D eigenvalue weighted by Crippen LogP contribution is 2.13. The van der Waals surface area contributed by atoms with Gasteiger partial charge in [-0.3, -0.25) is 0 Å². The Morgan fingerprint density at radius 3 is 2.43 bits per heavy atom. The van der Waals surface area contributed by atoms with E-state index >= 15 is 0 Å². The summed E-state index contributed by atoms with van der Waals surface area (Å²) in [5.74, 6) is -0.547. The lowest BCUT2D eigenvalue weighted by Crippen LogP contribution is -2.13. The Labute approximate surface area is 133 Å². The van der Waals surface area contributed by atoms with Gasteiger partial charge >= 0.3 is 5.97 Å². The van der Waals surface area contributed by atoms with Crippen molar-refractivity contribution >= 4 is 15.8 Å². The number of carbonyl (C=O) groups is 1. The van der Waals surface area contributed by atoms with Crippen LogP contribution in [0.25, 0.3) is 0 Å². The average Bonchev–Trinajstić information content (AvgIpc) is 2.52. The quantitative estimate of drug-likeness (QED) is 0.598. The first-order valence-corrected chi connectivity index (χ1v) is 8.61. The molecule has 0 amide bonds. The van der Waals surface area contributed by atoms with Gasteiger partial charge in [0.2, 0.25) is 0 Å². The fourth-order valence-corrected chi connectivity index (χ4v) is 2.43. The molecule has 2 aromatic rings. The van der Waals surface area contributed by atoms with E-state index in [1.165, 1.54) is 48.5 Å². The molecule has 0 spiro atoms. The molecule has 0 N–H and O–H groups in total. The smallest absolute Gasteiger partial charge is 0.338 e. The fraction of sp³-hybridized carbons (Fsp3) is 0.188. The van der Waals surface area contributed by atoms with Crippen LogP contribution in [0.3, 0.4) is 0 Å². The third-order valence-electron chi connectivity index (χ3n) is 2.90. The van der Waals surface area contributed by atoms with Crippen molar-refractivity contribution in [3.8, 4) is 5.75 Å². The number of sulfone groups is 1. The number of hydrogen-bond donors (Lipinski definition) is 0. The van der Waals surface area contributed by atoms with Crippen LogP contribution in [-0.4, -0.2) is 33.9 Å². The van der Waals surface area contributed by atoms with Gasteiger partial charge in [-0.25, -0.2) is 17.6 Å².